The lowest BCUT2D eigenvalue weighted by atomic mass is 9.96. The molecule has 2 aliphatic rings. The van der Waals surface area contributed by atoms with E-state index in [0.717, 1.165) is 22.4 Å². The molecule has 2 aromatic rings. The molecule has 2 unspecified atom stereocenters. The second-order valence-corrected chi connectivity index (χ2v) is 9.24. The van der Waals surface area contributed by atoms with E-state index in [4.69, 9.17) is 16.2 Å². The number of rotatable bonds is 5. The Labute approximate surface area is 213 Å². The Morgan fingerprint density at radius 2 is 1.92 bits per heavy atom. The van der Waals surface area contributed by atoms with E-state index < -0.39 is 0 Å². The third-order valence-electron chi connectivity index (χ3n) is 6.59. The summed E-state index contributed by atoms with van der Waals surface area (Å²) in [5, 5.41) is 3.34. The lowest BCUT2D eigenvalue weighted by Crippen LogP contribution is -2.41. The van der Waals surface area contributed by atoms with Crippen LogP contribution in [-0.4, -0.2) is 35.4 Å². The molecule has 6 nitrogen and oxygen atoms in total. The van der Waals surface area contributed by atoms with Crippen LogP contribution < -0.4 is 5.32 Å². The molecule has 0 bridgehead atoms. The molecule has 1 N–H and O–H groups in total. The Bertz CT molecular complexity index is 1320. The highest BCUT2D eigenvalue weighted by atomic mass is 16.5. The van der Waals surface area contributed by atoms with Gasteiger partial charge in [0.1, 0.15) is 12.3 Å². The Balaban J connectivity index is 1.64. The number of hydrogen-bond acceptors (Lipinski definition) is 5. The van der Waals surface area contributed by atoms with E-state index in [2.05, 4.69) is 54.3 Å². The topological polar surface area (TPSA) is 66.3 Å². The first-order chi connectivity index (χ1) is 17.3. The maximum atomic E-state index is 13.4. The molecule has 0 aliphatic carbocycles. The van der Waals surface area contributed by atoms with Crippen LogP contribution >= 0.6 is 0 Å². The zero-order valence-corrected chi connectivity index (χ0v) is 21.5. The van der Waals surface area contributed by atoms with Crippen molar-refractivity contribution in [3.63, 3.8) is 0 Å². The zero-order valence-electron chi connectivity index (χ0n) is 21.5. The van der Waals surface area contributed by atoms with Crippen LogP contribution in [-0.2, 0) is 16.1 Å². The predicted molar refractivity (Wildman–Crippen MR) is 145 cm³/mol. The molecule has 184 valence electrons. The number of hydrogen-bond donors (Lipinski definition) is 1. The van der Waals surface area contributed by atoms with Crippen LogP contribution in [0.2, 0.25) is 0 Å². The molecule has 0 spiro atoms. The minimum Gasteiger partial charge on any atom is -0.469 e. The van der Waals surface area contributed by atoms with Gasteiger partial charge in [-0.05, 0) is 56.9 Å². The Morgan fingerprint density at radius 3 is 2.64 bits per heavy atom. The van der Waals surface area contributed by atoms with Gasteiger partial charge in [-0.2, -0.15) is 0 Å². The minimum atomic E-state index is -0.329. The Morgan fingerprint density at radius 1 is 1.19 bits per heavy atom. The molecule has 2 atom stereocenters. The largest absolute Gasteiger partial charge is 0.469 e. The molecule has 0 saturated heterocycles. The van der Waals surface area contributed by atoms with Crippen LogP contribution in [0.3, 0.4) is 0 Å². The maximum Gasteiger partial charge on any atom is 0.251 e. The number of benzene rings is 2. The number of nitrogens with one attached hydrogen (secondary N) is 1. The number of nitrogens with zero attached hydrogens (tertiary/aromatic N) is 3. The van der Waals surface area contributed by atoms with Crippen LogP contribution in [0.1, 0.15) is 54.7 Å². The minimum absolute atomic E-state index is 0.0819. The summed E-state index contributed by atoms with van der Waals surface area (Å²) in [5.41, 5.74) is 7.67. The van der Waals surface area contributed by atoms with E-state index in [9.17, 15) is 4.79 Å². The van der Waals surface area contributed by atoms with Crippen LogP contribution in [0.15, 0.2) is 75.7 Å². The standard InChI is InChI=1S/C30H32N4O2/c1-7-15-31-22(5)21(4)30(35)34-17-24-13-8-9-14-25(24)27(18-34)36-28-16-26(32-23(6)33-28)29-19(2)11-10-12-20(29)3/h1,8-16,23,27,33H,17-18H2,2-6H3/b22-21+,31-15-. The molecule has 2 heterocycles. The third kappa shape index (κ3) is 5.26. The van der Waals surface area contributed by atoms with Crippen molar-refractivity contribution in [1.29, 1.82) is 0 Å². The van der Waals surface area contributed by atoms with Gasteiger partial charge in [0.05, 0.1) is 18.5 Å². The van der Waals surface area contributed by atoms with Gasteiger partial charge >= 0.3 is 0 Å². The number of amides is 1. The monoisotopic (exact) mass is 480 g/mol. The summed E-state index contributed by atoms with van der Waals surface area (Å²) in [5.74, 6) is 2.93. The molecule has 1 amide bonds. The quantitative estimate of drug-likeness (QED) is 0.373. The smallest absolute Gasteiger partial charge is 0.251 e. The van der Waals surface area contributed by atoms with Crippen LogP contribution in [0.5, 0.6) is 0 Å². The summed E-state index contributed by atoms with van der Waals surface area (Å²) < 4.78 is 6.55. The molecular weight excluding hydrogens is 448 g/mol. The van der Waals surface area contributed by atoms with Crippen molar-refractivity contribution < 1.29 is 9.53 Å². The van der Waals surface area contributed by atoms with Crippen molar-refractivity contribution in [3.05, 3.63) is 93.5 Å². The lowest BCUT2D eigenvalue weighted by molar-refractivity contribution is -0.130. The number of carbonyl (C=O) groups excluding carboxylic acids is 1. The summed E-state index contributed by atoms with van der Waals surface area (Å²) in [6.07, 6.45) is 8.13. The molecule has 2 aromatic carbocycles. The first-order valence-corrected chi connectivity index (χ1v) is 12.1. The number of fused-ring (bicyclic) bond motifs is 1. The molecule has 2 aliphatic heterocycles. The van der Waals surface area contributed by atoms with Crippen molar-refractivity contribution in [2.24, 2.45) is 9.98 Å². The average Bonchev–Trinajstić information content (AvgIpc) is 2.86. The molecule has 0 radical (unpaired) electrons. The molecule has 4 rings (SSSR count). The van der Waals surface area contributed by atoms with E-state index in [-0.39, 0.29) is 18.2 Å². The van der Waals surface area contributed by atoms with Crippen molar-refractivity contribution in [3.8, 4) is 12.3 Å². The highest BCUT2D eigenvalue weighted by molar-refractivity contribution is 6.11. The van der Waals surface area contributed by atoms with E-state index in [1.54, 1.807) is 13.8 Å². The number of terminal acetylenes is 1. The summed E-state index contributed by atoms with van der Waals surface area (Å²) in [6, 6.07) is 14.4. The summed E-state index contributed by atoms with van der Waals surface area (Å²) in [6.45, 7) is 10.7. The fourth-order valence-corrected chi connectivity index (χ4v) is 4.67. The molecule has 36 heavy (non-hydrogen) atoms. The van der Waals surface area contributed by atoms with E-state index in [0.29, 0.717) is 30.2 Å². The van der Waals surface area contributed by atoms with Crippen molar-refractivity contribution in [2.45, 2.75) is 53.4 Å². The van der Waals surface area contributed by atoms with E-state index in [1.165, 1.54) is 17.3 Å². The fraction of sp³-hybridized carbons (Fsp3) is 0.300. The van der Waals surface area contributed by atoms with Crippen LogP contribution in [0, 0.1) is 26.2 Å². The number of ether oxygens (including phenoxy) is 1. The van der Waals surface area contributed by atoms with E-state index >= 15 is 0 Å². The zero-order chi connectivity index (χ0) is 25.8. The van der Waals surface area contributed by atoms with Gasteiger partial charge in [-0.25, -0.2) is 0 Å². The van der Waals surface area contributed by atoms with Crippen molar-refractivity contribution >= 4 is 17.8 Å². The number of carbonyl (C=O) groups is 1. The molecular formula is C30H32N4O2. The van der Waals surface area contributed by atoms with Crippen LogP contribution in [0.25, 0.3) is 0 Å². The second kappa shape index (κ2) is 10.7. The number of aliphatic imine (C=N–C) groups is 2. The van der Waals surface area contributed by atoms with Gasteiger partial charge in [0.25, 0.3) is 5.91 Å². The Kier molecular flexibility index (Phi) is 7.40. The summed E-state index contributed by atoms with van der Waals surface area (Å²) in [7, 11) is 0. The van der Waals surface area contributed by atoms with Gasteiger partial charge in [-0.3, -0.25) is 14.8 Å². The lowest BCUT2D eigenvalue weighted by Gasteiger charge is -2.36. The average molecular weight is 481 g/mol. The first kappa shape index (κ1) is 25.0. The van der Waals surface area contributed by atoms with E-state index in [1.807, 2.05) is 36.1 Å². The van der Waals surface area contributed by atoms with Gasteiger partial charge in [0.15, 0.2) is 5.88 Å². The Hall–Kier alpha value is -4.11. The van der Waals surface area contributed by atoms with Gasteiger partial charge in [0.2, 0.25) is 0 Å². The number of allylic oxidation sites excluding steroid dienone is 2. The number of aryl methyl sites for hydroxylation is 2. The van der Waals surface area contributed by atoms with Gasteiger partial charge < -0.3 is 15.0 Å². The highest BCUT2D eigenvalue weighted by Gasteiger charge is 2.31. The van der Waals surface area contributed by atoms with Gasteiger partial charge in [-0.1, -0.05) is 48.4 Å². The maximum absolute atomic E-state index is 13.4. The van der Waals surface area contributed by atoms with Gasteiger partial charge in [-0.15, -0.1) is 6.42 Å². The summed E-state index contributed by atoms with van der Waals surface area (Å²) >= 11 is 0. The molecule has 6 heteroatoms. The van der Waals surface area contributed by atoms with Crippen molar-refractivity contribution in [1.82, 2.24) is 10.2 Å². The second-order valence-electron chi connectivity index (χ2n) is 9.24. The van der Waals surface area contributed by atoms with Crippen molar-refractivity contribution in [2.75, 3.05) is 6.54 Å². The van der Waals surface area contributed by atoms with Gasteiger partial charge in [0, 0.05) is 29.5 Å². The van der Waals surface area contributed by atoms with Crippen LogP contribution in [0.4, 0.5) is 0 Å². The predicted octanol–water partition coefficient (Wildman–Crippen LogP) is 4.98. The molecule has 0 saturated carbocycles. The normalized spacial score (nSPS) is 19.9. The SMILES string of the molecule is C#C/C=N\C(C)=C(/C)C(=O)N1Cc2ccccc2C(OC2=CC(c3c(C)cccc3C)=NC(C)N2)C1. The molecule has 0 fully saturated rings. The summed E-state index contributed by atoms with van der Waals surface area (Å²) in [4.78, 5) is 24.2. The highest BCUT2D eigenvalue weighted by Crippen LogP contribution is 2.32. The first-order valence-electron chi connectivity index (χ1n) is 12.1. The third-order valence-corrected chi connectivity index (χ3v) is 6.59. The molecule has 0 aromatic heterocycles. The fourth-order valence-electron chi connectivity index (χ4n) is 4.67.